The van der Waals surface area contributed by atoms with Gasteiger partial charge in [-0.05, 0) is 61.9 Å². The normalized spacial score (nSPS) is 17.7. The Morgan fingerprint density at radius 1 is 1.05 bits per heavy atom. The molecule has 1 aliphatic carbocycles. The summed E-state index contributed by atoms with van der Waals surface area (Å²) in [5.74, 6) is 0.343. The number of amides is 1. The quantitative estimate of drug-likeness (QED) is 0.306. The standard InChI is InChI=1S/C28H25ClF2N6O2/c29-18-14-20(25(26(30)31)33-15-18)27(38)34-19-10-8-17(9-11-19)16-36-21-4-1-2-5-22(21)37(28(36)39)24-7-3-6-23-32-12-13-35(23)24/h1-7,12-15,17,19,26H,8-11,16H2,(H,34,38). The average Bonchev–Trinajstić information content (AvgIpc) is 3.52. The Morgan fingerprint density at radius 3 is 2.59 bits per heavy atom. The van der Waals surface area contributed by atoms with Crippen molar-refractivity contribution < 1.29 is 13.6 Å². The van der Waals surface area contributed by atoms with Gasteiger partial charge in [0.1, 0.15) is 17.2 Å². The van der Waals surface area contributed by atoms with E-state index in [1.807, 2.05) is 57.6 Å². The monoisotopic (exact) mass is 550 g/mol. The summed E-state index contributed by atoms with van der Waals surface area (Å²) in [6, 6.07) is 14.5. The van der Waals surface area contributed by atoms with Gasteiger partial charge in [0.2, 0.25) is 0 Å². The summed E-state index contributed by atoms with van der Waals surface area (Å²) in [6.07, 6.45) is 4.69. The number of nitrogens with one attached hydrogen (secondary N) is 1. The summed E-state index contributed by atoms with van der Waals surface area (Å²) in [5, 5.41) is 3.00. The van der Waals surface area contributed by atoms with Crippen molar-refractivity contribution in [3.8, 4) is 5.82 Å². The molecule has 6 rings (SSSR count). The minimum atomic E-state index is -2.88. The third-order valence-electron chi connectivity index (χ3n) is 7.43. The molecule has 0 atom stereocenters. The van der Waals surface area contributed by atoms with Crippen molar-refractivity contribution in [1.29, 1.82) is 0 Å². The maximum Gasteiger partial charge on any atom is 0.334 e. The lowest BCUT2D eigenvalue weighted by atomic mass is 9.85. The highest BCUT2D eigenvalue weighted by atomic mass is 35.5. The lowest BCUT2D eigenvalue weighted by molar-refractivity contribution is 0.0904. The van der Waals surface area contributed by atoms with Crippen LogP contribution in [0, 0.1) is 5.92 Å². The first-order valence-corrected chi connectivity index (χ1v) is 13.2. The van der Waals surface area contributed by atoms with Crippen LogP contribution < -0.4 is 11.0 Å². The number of hydrogen-bond donors (Lipinski definition) is 1. The molecule has 1 saturated carbocycles. The van der Waals surface area contributed by atoms with Crippen molar-refractivity contribution in [3.05, 3.63) is 93.9 Å². The fourth-order valence-corrected chi connectivity index (χ4v) is 5.70. The molecule has 11 heteroatoms. The number of imidazole rings is 2. The van der Waals surface area contributed by atoms with Gasteiger partial charge < -0.3 is 5.32 Å². The van der Waals surface area contributed by atoms with Gasteiger partial charge in [-0.1, -0.05) is 29.8 Å². The highest BCUT2D eigenvalue weighted by Gasteiger charge is 2.27. The summed E-state index contributed by atoms with van der Waals surface area (Å²) in [7, 11) is 0. The van der Waals surface area contributed by atoms with Crippen LogP contribution in [-0.4, -0.2) is 35.5 Å². The Hall–Kier alpha value is -4.05. The topological polar surface area (TPSA) is 86.2 Å². The molecule has 0 spiro atoms. The predicted octanol–water partition coefficient (Wildman–Crippen LogP) is 5.41. The van der Waals surface area contributed by atoms with E-state index in [9.17, 15) is 18.4 Å². The number of pyridine rings is 2. The van der Waals surface area contributed by atoms with Crippen LogP contribution in [0.4, 0.5) is 8.78 Å². The minimum Gasteiger partial charge on any atom is -0.349 e. The minimum absolute atomic E-state index is 0.124. The van der Waals surface area contributed by atoms with Gasteiger partial charge >= 0.3 is 5.69 Å². The molecule has 1 amide bonds. The zero-order chi connectivity index (χ0) is 27.1. The predicted molar refractivity (Wildman–Crippen MR) is 144 cm³/mol. The van der Waals surface area contributed by atoms with Crippen molar-refractivity contribution in [2.75, 3.05) is 0 Å². The van der Waals surface area contributed by atoms with Crippen LogP contribution in [0.25, 0.3) is 22.5 Å². The van der Waals surface area contributed by atoms with Gasteiger partial charge in [0.15, 0.2) is 0 Å². The van der Waals surface area contributed by atoms with Crippen molar-refractivity contribution in [2.45, 2.75) is 44.7 Å². The largest absolute Gasteiger partial charge is 0.349 e. The molecule has 0 unspecified atom stereocenters. The molecule has 1 fully saturated rings. The van der Waals surface area contributed by atoms with E-state index in [-0.39, 0.29) is 28.2 Å². The molecule has 1 aliphatic rings. The summed E-state index contributed by atoms with van der Waals surface area (Å²) in [5.41, 5.74) is 1.52. The van der Waals surface area contributed by atoms with Gasteiger partial charge in [0.25, 0.3) is 12.3 Å². The highest BCUT2D eigenvalue weighted by molar-refractivity contribution is 6.30. The fraction of sp³-hybridized carbons (Fsp3) is 0.286. The molecule has 4 aromatic heterocycles. The third-order valence-corrected chi connectivity index (χ3v) is 7.64. The van der Waals surface area contributed by atoms with Crippen molar-refractivity contribution in [2.24, 2.45) is 5.92 Å². The Labute approximate surface area is 226 Å². The van der Waals surface area contributed by atoms with E-state index >= 15 is 0 Å². The Morgan fingerprint density at radius 2 is 1.82 bits per heavy atom. The second kappa shape index (κ2) is 10.3. The lowest BCUT2D eigenvalue weighted by Gasteiger charge is -2.29. The van der Waals surface area contributed by atoms with E-state index in [4.69, 9.17) is 11.6 Å². The summed E-state index contributed by atoms with van der Waals surface area (Å²) < 4.78 is 32.1. The number of aromatic nitrogens is 5. The SMILES string of the molecule is O=C(NC1CCC(Cn2c(=O)n(-c3cccc4nccn34)c3ccccc32)CC1)c1cc(Cl)cnc1C(F)F. The Kier molecular flexibility index (Phi) is 6.64. The number of benzene rings is 1. The summed E-state index contributed by atoms with van der Waals surface area (Å²) in [6.45, 7) is 0.542. The number of para-hydroxylation sites is 2. The van der Waals surface area contributed by atoms with Crippen LogP contribution >= 0.6 is 11.6 Å². The third kappa shape index (κ3) is 4.69. The maximum atomic E-state index is 13.8. The van der Waals surface area contributed by atoms with Crippen LogP contribution in [-0.2, 0) is 6.54 Å². The van der Waals surface area contributed by atoms with Crippen molar-refractivity contribution in [3.63, 3.8) is 0 Å². The van der Waals surface area contributed by atoms with E-state index in [0.717, 1.165) is 41.5 Å². The molecule has 0 aliphatic heterocycles. The van der Waals surface area contributed by atoms with Gasteiger partial charge in [-0.3, -0.25) is 18.7 Å². The van der Waals surface area contributed by atoms with Gasteiger partial charge in [-0.25, -0.2) is 23.1 Å². The molecule has 39 heavy (non-hydrogen) atoms. The summed E-state index contributed by atoms with van der Waals surface area (Å²) in [4.78, 5) is 34.5. The zero-order valence-corrected chi connectivity index (χ0v) is 21.6. The first kappa shape index (κ1) is 25.2. The number of alkyl halides is 2. The zero-order valence-electron chi connectivity index (χ0n) is 20.8. The van der Waals surface area contributed by atoms with Crippen LogP contribution in [0.1, 0.15) is 48.2 Å². The number of carbonyl (C=O) groups is 1. The van der Waals surface area contributed by atoms with E-state index in [0.29, 0.717) is 19.4 Å². The Bertz CT molecular complexity index is 1740. The van der Waals surface area contributed by atoms with Gasteiger partial charge in [-0.15, -0.1) is 0 Å². The molecule has 5 aromatic rings. The van der Waals surface area contributed by atoms with Crippen LogP contribution in [0.15, 0.2) is 71.9 Å². The van der Waals surface area contributed by atoms with E-state index in [2.05, 4.69) is 15.3 Å². The molecule has 0 saturated heterocycles. The highest BCUT2D eigenvalue weighted by Crippen LogP contribution is 2.29. The first-order valence-electron chi connectivity index (χ1n) is 12.8. The van der Waals surface area contributed by atoms with Gasteiger partial charge in [0, 0.05) is 31.2 Å². The lowest BCUT2D eigenvalue weighted by Crippen LogP contribution is -2.39. The van der Waals surface area contributed by atoms with Gasteiger partial charge in [0.05, 0.1) is 21.6 Å². The van der Waals surface area contributed by atoms with Crippen LogP contribution in [0.2, 0.25) is 5.02 Å². The number of halogens is 3. The Balaban J connectivity index is 1.20. The second-order valence-corrected chi connectivity index (χ2v) is 10.3. The van der Waals surface area contributed by atoms with Gasteiger partial charge in [-0.2, -0.15) is 0 Å². The molecule has 4 heterocycles. The molecule has 200 valence electrons. The number of hydrogen-bond acceptors (Lipinski definition) is 4. The average molecular weight is 551 g/mol. The first-order chi connectivity index (χ1) is 18.9. The number of rotatable bonds is 6. The molecule has 0 radical (unpaired) electrons. The fourth-order valence-electron chi connectivity index (χ4n) is 5.54. The molecular formula is C28H25ClF2N6O2. The molecule has 1 aromatic carbocycles. The molecular weight excluding hydrogens is 526 g/mol. The van der Waals surface area contributed by atoms with Crippen molar-refractivity contribution >= 4 is 34.2 Å². The number of nitrogens with zero attached hydrogens (tertiary/aromatic N) is 5. The smallest absolute Gasteiger partial charge is 0.334 e. The summed E-state index contributed by atoms with van der Waals surface area (Å²) >= 11 is 5.90. The van der Waals surface area contributed by atoms with E-state index in [1.54, 1.807) is 10.8 Å². The van der Waals surface area contributed by atoms with Crippen LogP contribution in [0.5, 0.6) is 0 Å². The molecule has 0 bridgehead atoms. The van der Waals surface area contributed by atoms with Crippen molar-refractivity contribution in [1.82, 2.24) is 28.8 Å². The van der Waals surface area contributed by atoms with Crippen LogP contribution in [0.3, 0.4) is 0 Å². The number of carbonyl (C=O) groups excluding carboxylic acids is 1. The number of fused-ring (bicyclic) bond motifs is 2. The van der Waals surface area contributed by atoms with E-state index < -0.39 is 18.0 Å². The second-order valence-electron chi connectivity index (χ2n) is 9.83. The maximum absolute atomic E-state index is 13.8. The molecule has 8 nitrogen and oxygen atoms in total. The van der Waals surface area contributed by atoms with E-state index in [1.165, 1.54) is 6.07 Å². The molecule has 1 N–H and O–H groups in total.